The zero-order valence-electron chi connectivity index (χ0n) is 13.2. The van der Waals surface area contributed by atoms with E-state index in [0.717, 1.165) is 11.3 Å². The summed E-state index contributed by atoms with van der Waals surface area (Å²) in [5, 5.41) is 0. The summed E-state index contributed by atoms with van der Waals surface area (Å²) in [6, 6.07) is 13.6. The van der Waals surface area contributed by atoms with Gasteiger partial charge in [0.15, 0.2) is 6.61 Å². The molecular formula is C18H19NO3S. The first-order valence-corrected chi connectivity index (χ1v) is 8.18. The van der Waals surface area contributed by atoms with Crippen molar-refractivity contribution in [3.05, 3.63) is 64.7 Å². The van der Waals surface area contributed by atoms with Crippen molar-refractivity contribution in [2.24, 2.45) is 5.73 Å². The van der Waals surface area contributed by atoms with Gasteiger partial charge in [-0.15, -0.1) is 11.8 Å². The maximum atomic E-state index is 11.8. The number of primary amides is 1. The van der Waals surface area contributed by atoms with Crippen molar-refractivity contribution in [1.29, 1.82) is 0 Å². The fourth-order valence-corrected chi connectivity index (χ4v) is 3.08. The lowest BCUT2D eigenvalue weighted by molar-refractivity contribution is -0.121. The second-order valence-electron chi connectivity index (χ2n) is 5.30. The highest BCUT2D eigenvalue weighted by atomic mass is 32.2. The Morgan fingerprint density at radius 2 is 1.91 bits per heavy atom. The van der Waals surface area contributed by atoms with E-state index in [9.17, 15) is 9.59 Å². The summed E-state index contributed by atoms with van der Waals surface area (Å²) in [5.41, 5.74) is 8.89. The van der Waals surface area contributed by atoms with Crippen molar-refractivity contribution < 1.29 is 14.3 Å². The molecule has 5 heteroatoms. The molecule has 120 valence electrons. The maximum Gasteiger partial charge on any atom is 0.338 e. The van der Waals surface area contributed by atoms with Gasteiger partial charge in [0, 0.05) is 10.6 Å². The van der Waals surface area contributed by atoms with Crippen LogP contribution in [0.3, 0.4) is 0 Å². The number of thioether (sulfide) groups is 1. The van der Waals surface area contributed by atoms with E-state index in [1.54, 1.807) is 30.0 Å². The summed E-state index contributed by atoms with van der Waals surface area (Å²) in [5.74, 6) is -0.456. The Morgan fingerprint density at radius 1 is 1.13 bits per heavy atom. The Bertz CT molecular complexity index is 728. The number of hydrogen-bond donors (Lipinski definition) is 1. The van der Waals surface area contributed by atoms with E-state index in [2.05, 4.69) is 32.0 Å². The first-order chi connectivity index (χ1) is 11.0. The molecule has 0 atom stereocenters. The number of rotatable bonds is 6. The minimum absolute atomic E-state index is 0.402. The third-order valence-corrected chi connectivity index (χ3v) is 4.48. The van der Waals surface area contributed by atoms with Gasteiger partial charge in [0.25, 0.3) is 5.91 Å². The van der Waals surface area contributed by atoms with Crippen molar-refractivity contribution in [2.45, 2.75) is 24.5 Å². The van der Waals surface area contributed by atoms with Crippen molar-refractivity contribution >= 4 is 23.6 Å². The predicted molar refractivity (Wildman–Crippen MR) is 91.4 cm³/mol. The number of esters is 1. The van der Waals surface area contributed by atoms with Gasteiger partial charge < -0.3 is 10.5 Å². The van der Waals surface area contributed by atoms with Crippen molar-refractivity contribution in [3.8, 4) is 0 Å². The van der Waals surface area contributed by atoms with E-state index in [-0.39, 0.29) is 0 Å². The Labute approximate surface area is 140 Å². The Hall–Kier alpha value is -2.27. The fourth-order valence-electron chi connectivity index (χ4n) is 2.13. The molecule has 0 saturated carbocycles. The zero-order valence-corrected chi connectivity index (χ0v) is 14.0. The third kappa shape index (κ3) is 5.14. The van der Waals surface area contributed by atoms with Crippen LogP contribution in [0.2, 0.25) is 0 Å². The number of benzene rings is 2. The molecule has 2 aromatic carbocycles. The molecular weight excluding hydrogens is 310 g/mol. The number of aryl methyl sites for hydroxylation is 2. The lowest BCUT2D eigenvalue weighted by Gasteiger charge is -2.08. The Balaban J connectivity index is 2.02. The van der Waals surface area contributed by atoms with Gasteiger partial charge in [-0.2, -0.15) is 0 Å². The van der Waals surface area contributed by atoms with Gasteiger partial charge in [0.1, 0.15) is 0 Å². The SMILES string of the molecule is Cc1ccc(SCc2cccc(C(=O)OCC(N)=O)c2)c(C)c1. The van der Waals surface area contributed by atoms with E-state index in [4.69, 9.17) is 10.5 Å². The van der Waals surface area contributed by atoms with E-state index in [1.165, 1.54) is 16.0 Å². The lowest BCUT2D eigenvalue weighted by Crippen LogP contribution is -2.20. The maximum absolute atomic E-state index is 11.8. The van der Waals surface area contributed by atoms with Crippen LogP contribution in [-0.4, -0.2) is 18.5 Å². The van der Waals surface area contributed by atoms with E-state index in [1.807, 2.05) is 6.07 Å². The molecule has 0 saturated heterocycles. The molecule has 0 aliphatic rings. The molecule has 0 aliphatic carbocycles. The second kappa shape index (κ2) is 7.83. The predicted octanol–water partition coefficient (Wildman–Crippen LogP) is 3.24. The molecule has 0 heterocycles. The molecule has 0 fully saturated rings. The molecule has 0 spiro atoms. The molecule has 4 nitrogen and oxygen atoms in total. The van der Waals surface area contributed by atoms with Crippen LogP contribution in [0, 0.1) is 13.8 Å². The summed E-state index contributed by atoms with van der Waals surface area (Å²) in [7, 11) is 0. The Morgan fingerprint density at radius 3 is 2.61 bits per heavy atom. The van der Waals surface area contributed by atoms with E-state index >= 15 is 0 Å². The number of carbonyl (C=O) groups excluding carboxylic acids is 2. The van der Waals surface area contributed by atoms with Gasteiger partial charge in [0.05, 0.1) is 5.56 Å². The molecule has 23 heavy (non-hydrogen) atoms. The quantitative estimate of drug-likeness (QED) is 0.652. The molecule has 0 aromatic heterocycles. The van der Waals surface area contributed by atoms with Gasteiger partial charge in [0.2, 0.25) is 0 Å². The topological polar surface area (TPSA) is 69.4 Å². The fraction of sp³-hybridized carbons (Fsp3) is 0.222. The highest BCUT2D eigenvalue weighted by molar-refractivity contribution is 7.98. The standard InChI is InChI=1S/C18H19NO3S/c1-12-6-7-16(13(2)8-12)23-11-14-4-3-5-15(9-14)18(21)22-10-17(19)20/h3-9H,10-11H2,1-2H3,(H2,19,20). The van der Waals surface area contributed by atoms with Crippen LogP contribution in [0.25, 0.3) is 0 Å². The van der Waals surface area contributed by atoms with Crippen LogP contribution < -0.4 is 5.73 Å². The average molecular weight is 329 g/mol. The first kappa shape index (κ1) is 17.1. The zero-order chi connectivity index (χ0) is 16.8. The molecule has 1 amide bonds. The Kier molecular flexibility index (Phi) is 5.82. The number of amides is 1. The van der Waals surface area contributed by atoms with Gasteiger partial charge in [-0.1, -0.05) is 29.8 Å². The van der Waals surface area contributed by atoms with Crippen LogP contribution in [0.15, 0.2) is 47.4 Å². The number of nitrogens with two attached hydrogens (primary N) is 1. The van der Waals surface area contributed by atoms with Gasteiger partial charge >= 0.3 is 5.97 Å². The first-order valence-electron chi connectivity index (χ1n) is 7.20. The summed E-state index contributed by atoms with van der Waals surface area (Å²) < 4.78 is 4.82. The highest BCUT2D eigenvalue weighted by Gasteiger charge is 2.09. The van der Waals surface area contributed by atoms with Crippen molar-refractivity contribution in [2.75, 3.05) is 6.61 Å². The third-order valence-electron chi connectivity index (χ3n) is 3.23. The van der Waals surface area contributed by atoms with Crippen LogP contribution in [-0.2, 0) is 15.3 Å². The summed E-state index contributed by atoms with van der Waals surface area (Å²) >= 11 is 1.72. The summed E-state index contributed by atoms with van der Waals surface area (Å²) in [4.78, 5) is 23.7. The number of carbonyl (C=O) groups is 2. The molecule has 0 aliphatic heterocycles. The number of ether oxygens (including phenoxy) is 1. The molecule has 0 unspecified atom stereocenters. The molecule has 2 N–H and O–H groups in total. The lowest BCUT2D eigenvalue weighted by atomic mass is 10.1. The molecule has 0 radical (unpaired) electrons. The normalized spacial score (nSPS) is 10.3. The van der Waals surface area contributed by atoms with Gasteiger partial charge in [-0.25, -0.2) is 4.79 Å². The smallest absolute Gasteiger partial charge is 0.338 e. The second-order valence-corrected chi connectivity index (χ2v) is 6.32. The highest BCUT2D eigenvalue weighted by Crippen LogP contribution is 2.27. The van der Waals surface area contributed by atoms with E-state index < -0.39 is 18.5 Å². The van der Waals surface area contributed by atoms with Gasteiger partial charge in [-0.05, 0) is 43.2 Å². The minimum Gasteiger partial charge on any atom is -0.452 e. The van der Waals surface area contributed by atoms with Gasteiger partial charge in [-0.3, -0.25) is 4.79 Å². The van der Waals surface area contributed by atoms with Crippen molar-refractivity contribution in [3.63, 3.8) is 0 Å². The van der Waals surface area contributed by atoms with Crippen LogP contribution in [0.1, 0.15) is 27.0 Å². The number of hydrogen-bond acceptors (Lipinski definition) is 4. The minimum atomic E-state index is -0.667. The molecule has 0 bridgehead atoms. The van der Waals surface area contributed by atoms with Crippen molar-refractivity contribution in [1.82, 2.24) is 0 Å². The summed E-state index contributed by atoms with van der Waals surface area (Å²) in [6.45, 7) is 3.76. The monoisotopic (exact) mass is 329 g/mol. The van der Waals surface area contributed by atoms with Crippen LogP contribution >= 0.6 is 11.8 Å². The van der Waals surface area contributed by atoms with Crippen LogP contribution in [0.5, 0.6) is 0 Å². The molecule has 2 rings (SSSR count). The largest absolute Gasteiger partial charge is 0.452 e. The molecule has 2 aromatic rings. The summed E-state index contributed by atoms with van der Waals surface area (Å²) in [6.07, 6.45) is 0. The van der Waals surface area contributed by atoms with Crippen LogP contribution in [0.4, 0.5) is 0 Å². The van der Waals surface area contributed by atoms with E-state index in [0.29, 0.717) is 5.56 Å². The average Bonchev–Trinajstić information content (AvgIpc) is 2.52.